The molecule has 5 heteroatoms. The van der Waals surface area contributed by atoms with E-state index >= 15 is 0 Å². The van der Waals surface area contributed by atoms with E-state index in [4.69, 9.17) is 5.73 Å². The molecule has 0 spiro atoms. The Kier molecular flexibility index (Phi) is 6.36. The molecule has 1 unspecified atom stereocenters. The molecule has 1 fully saturated rings. The van der Waals surface area contributed by atoms with Crippen LogP contribution in [-0.2, 0) is 11.2 Å². The van der Waals surface area contributed by atoms with Crippen molar-refractivity contribution in [3.63, 3.8) is 0 Å². The lowest BCUT2D eigenvalue weighted by Gasteiger charge is -2.26. The third kappa shape index (κ3) is 5.15. The molecular formula is C15H23N3OS. The van der Waals surface area contributed by atoms with Gasteiger partial charge in [-0.1, -0.05) is 30.3 Å². The lowest BCUT2D eigenvalue weighted by molar-refractivity contribution is -0.122. The molecule has 1 aromatic carbocycles. The molecule has 0 saturated carbocycles. The molecular weight excluding hydrogens is 270 g/mol. The summed E-state index contributed by atoms with van der Waals surface area (Å²) in [6.45, 7) is 3.85. The van der Waals surface area contributed by atoms with Crippen molar-refractivity contribution >= 4 is 17.7 Å². The highest BCUT2D eigenvalue weighted by atomic mass is 32.2. The first-order valence-corrected chi connectivity index (χ1v) is 8.28. The van der Waals surface area contributed by atoms with Crippen LogP contribution in [0.4, 0.5) is 0 Å². The summed E-state index contributed by atoms with van der Waals surface area (Å²) < 4.78 is 0. The monoisotopic (exact) mass is 293 g/mol. The SMILES string of the molecule is NC(Cc1ccccc1)C(=O)NCCN1CCSCC1. The van der Waals surface area contributed by atoms with Gasteiger partial charge < -0.3 is 11.1 Å². The van der Waals surface area contributed by atoms with Crippen LogP contribution in [0.2, 0.25) is 0 Å². The minimum atomic E-state index is -0.464. The minimum absolute atomic E-state index is 0.0553. The van der Waals surface area contributed by atoms with Gasteiger partial charge in [0.1, 0.15) is 0 Å². The number of nitrogens with two attached hydrogens (primary N) is 1. The van der Waals surface area contributed by atoms with Gasteiger partial charge in [0.05, 0.1) is 6.04 Å². The fraction of sp³-hybridized carbons (Fsp3) is 0.533. The fourth-order valence-corrected chi connectivity index (χ4v) is 3.23. The Labute approximate surface area is 125 Å². The van der Waals surface area contributed by atoms with Crippen molar-refractivity contribution in [2.75, 3.05) is 37.7 Å². The fourth-order valence-electron chi connectivity index (χ4n) is 2.25. The van der Waals surface area contributed by atoms with Gasteiger partial charge in [0.15, 0.2) is 0 Å². The second-order valence-corrected chi connectivity index (χ2v) is 6.27. The zero-order chi connectivity index (χ0) is 14.2. The second kappa shape index (κ2) is 8.29. The number of thioether (sulfide) groups is 1. The lowest BCUT2D eigenvalue weighted by Crippen LogP contribution is -2.45. The summed E-state index contributed by atoms with van der Waals surface area (Å²) in [4.78, 5) is 14.3. The van der Waals surface area contributed by atoms with Crippen LogP contribution in [0.1, 0.15) is 5.56 Å². The number of amides is 1. The molecule has 1 aliphatic heterocycles. The van der Waals surface area contributed by atoms with Gasteiger partial charge in [-0.05, 0) is 12.0 Å². The quantitative estimate of drug-likeness (QED) is 0.811. The van der Waals surface area contributed by atoms with Gasteiger partial charge in [0, 0.05) is 37.7 Å². The van der Waals surface area contributed by atoms with Crippen molar-refractivity contribution in [1.29, 1.82) is 0 Å². The third-order valence-electron chi connectivity index (χ3n) is 3.47. The Morgan fingerprint density at radius 2 is 2.00 bits per heavy atom. The van der Waals surface area contributed by atoms with Crippen LogP contribution in [0.3, 0.4) is 0 Å². The largest absolute Gasteiger partial charge is 0.353 e. The predicted octanol–water partition coefficient (Wildman–Crippen LogP) is 0.721. The molecule has 1 amide bonds. The molecule has 0 aliphatic carbocycles. The van der Waals surface area contributed by atoms with Gasteiger partial charge in [-0.3, -0.25) is 9.69 Å². The zero-order valence-corrected chi connectivity index (χ0v) is 12.6. The van der Waals surface area contributed by atoms with Crippen LogP contribution in [0, 0.1) is 0 Å². The Hall–Kier alpha value is -1.04. The predicted molar refractivity (Wildman–Crippen MR) is 84.9 cm³/mol. The van der Waals surface area contributed by atoms with Crippen LogP contribution in [0.15, 0.2) is 30.3 Å². The van der Waals surface area contributed by atoms with Gasteiger partial charge in [-0.15, -0.1) is 0 Å². The van der Waals surface area contributed by atoms with E-state index in [1.807, 2.05) is 42.1 Å². The Morgan fingerprint density at radius 1 is 1.30 bits per heavy atom. The van der Waals surface area contributed by atoms with Gasteiger partial charge in [0.25, 0.3) is 0 Å². The van der Waals surface area contributed by atoms with Crippen molar-refractivity contribution in [2.45, 2.75) is 12.5 Å². The number of carbonyl (C=O) groups is 1. The summed E-state index contributed by atoms with van der Waals surface area (Å²) in [6, 6.07) is 9.43. The number of nitrogens with zero attached hydrogens (tertiary/aromatic N) is 1. The Morgan fingerprint density at radius 3 is 2.70 bits per heavy atom. The molecule has 4 nitrogen and oxygen atoms in total. The highest BCUT2D eigenvalue weighted by Gasteiger charge is 2.14. The summed E-state index contributed by atoms with van der Waals surface area (Å²) in [5.41, 5.74) is 7.04. The van der Waals surface area contributed by atoms with Crippen molar-refractivity contribution < 1.29 is 4.79 Å². The maximum absolute atomic E-state index is 11.9. The molecule has 0 bridgehead atoms. The van der Waals surface area contributed by atoms with Crippen LogP contribution in [0.25, 0.3) is 0 Å². The van der Waals surface area contributed by atoms with Gasteiger partial charge in [-0.2, -0.15) is 11.8 Å². The van der Waals surface area contributed by atoms with E-state index in [1.165, 1.54) is 11.5 Å². The van der Waals surface area contributed by atoms with Crippen molar-refractivity contribution in [3.8, 4) is 0 Å². The third-order valence-corrected chi connectivity index (χ3v) is 4.41. The number of hydrogen-bond acceptors (Lipinski definition) is 4. The number of nitrogens with one attached hydrogen (secondary N) is 1. The van der Waals surface area contributed by atoms with E-state index in [9.17, 15) is 4.79 Å². The van der Waals surface area contributed by atoms with Gasteiger partial charge in [-0.25, -0.2) is 0 Å². The minimum Gasteiger partial charge on any atom is -0.353 e. The molecule has 0 radical (unpaired) electrons. The van der Waals surface area contributed by atoms with E-state index in [2.05, 4.69) is 10.2 Å². The summed E-state index contributed by atoms with van der Waals surface area (Å²) in [5, 5.41) is 2.94. The van der Waals surface area contributed by atoms with E-state index in [-0.39, 0.29) is 5.91 Å². The van der Waals surface area contributed by atoms with E-state index in [1.54, 1.807) is 0 Å². The van der Waals surface area contributed by atoms with Crippen LogP contribution >= 0.6 is 11.8 Å². The lowest BCUT2D eigenvalue weighted by atomic mass is 10.1. The van der Waals surface area contributed by atoms with Gasteiger partial charge >= 0.3 is 0 Å². The van der Waals surface area contributed by atoms with Crippen molar-refractivity contribution in [3.05, 3.63) is 35.9 Å². The highest BCUT2D eigenvalue weighted by Crippen LogP contribution is 2.08. The Balaban J connectivity index is 1.66. The first-order chi connectivity index (χ1) is 9.75. The molecule has 2 rings (SSSR count). The number of carbonyl (C=O) groups excluding carboxylic acids is 1. The first kappa shape index (κ1) is 15.4. The van der Waals surface area contributed by atoms with Crippen molar-refractivity contribution in [2.24, 2.45) is 5.73 Å². The molecule has 1 heterocycles. The summed E-state index contributed by atoms with van der Waals surface area (Å²) in [7, 11) is 0. The van der Waals surface area contributed by atoms with Crippen LogP contribution in [0.5, 0.6) is 0 Å². The second-order valence-electron chi connectivity index (χ2n) is 5.04. The highest BCUT2D eigenvalue weighted by molar-refractivity contribution is 7.99. The molecule has 3 N–H and O–H groups in total. The topological polar surface area (TPSA) is 58.4 Å². The standard InChI is InChI=1S/C15H23N3OS/c16-14(12-13-4-2-1-3-5-13)15(19)17-6-7-18-8-10-20-11-9-18/h1-5,14H,6-12,16H2,(H,17,19). The number of rotatable bonds is 6. The average Bonchev–Trinajstić information content (AvgIpc) is 2.49. The zero-order valence-electron chi connectivity index (χ0n) is 11.8. The average molecular weight is 293 g/mol. The van der Waals surface area contributed by atoms with Crippen molar-refractivity contribution in [1.82, 2.24) is 10.2 Å². The smallest absolute Gasteiger partial charge is 0.237 e. The Bertz CT molecular complexity index is 407. The molecule has 1 saturated heterocycles. The summed E-state index contributed by atoms with van der Waals surface area (Å²) in [5.74, 6) is 2.34. The molecule has 20 heavy (non-hydrogen) atoms. The molecule has 1 aromatic rings. The summed E-state index contributed by atoms with van der Waals surface area (Å²) in [6.07, 6.45) is 0.590. The van der Waals surface area contributed by atoms with E-state index < -0.39 is 6.04 Å². The normalized spacial score (nSPS) is 17.6. The maximum Gasteiger partial charge on any atom is 0.237 e. The molecule has 110 valence electrons. The maximum atomic E-state index is 11.9. The van der Waals surface area contributed by atoms with Crippen LogP contribution in [-0.4, -0.2) is 54.5 Å². The first-order valence-electron chi connectivity index (χ1n) is 7.13. The van der Waals surface area contributed by atoms with Gasteiger partial charge in [0.2, 0.25) is 5.91 Å². The summed E-state index contributed by atoms with van der Waals surface area (Å²) >= 11 is 2.00. The van der Waals surface area contributed by atoms with E-state index in [0.717, 1.165) is 25.2 Å². The molecule has 1 aliphatic rings. The van der Waals surface area contributed by atoms with E-state index in [0.29, 0.717) is 13.0 Å². The number of benzene rings is 1. The van der Waals surface area contributed by atoms with Crippen LogP contribution < -0.4 is 11.1 Å². The molecule has 0 aromatic heterocycles. The number of hydrogen-bond donors (Lipinski definition) is 2. The molecule has 1 atom stereocenters.